The van der Waals surface area contributed by atoms with Crippen LogP contribution in [0.3, 0.4) is 0 Å². The monoisotopic (exact) mass is 229 g/mol. The fourth-order valence-electron chi connectivity index (χ4n) is 1.99. The van der Waals surface area contributed by atoms with E-state index in [2.05, 4.69) is 42.0 Å². The Hall–Kier alpha value is -1.61. The van der Waals surface area contributed by atoms with Gasteiger partial charge in [-0.3, -0.25) is 0 Å². The van der Waals surface area contributed by atoms with Crippen molar-refractivity contribution >= 4 is 0 Å². The van der Waals surface area contributed by atoms with Crippen LogP contribution in [-0.4, -0.2) is 16.5 Å². The predicted octanol–water partition coefficient (Wildman–Crippen LogP) is 2.50. The molecule has 17 heavy (non-hydrogen) atoms. The minimum absolute atomic E-state index is 0.638. The average Bonchev–Trinajstić information content (AvgIpc) is 2.64. The largest absolute Gasteiger partial charge is 0.346 e. The second-order valence-electron chi connectivity index (χ2n) is 4.49. The van der Waals surface area contributed by atoms with Crippen molar-refractivity contribution in [3.8, 4) is 11.3 Å². The van der Waals surface area contributed by atoms with Crippen LogP contribution < -0.4 is 5.73 Å². The predicted molar refractivity (Wildman–Crippen MR) is 71.0 cm³/mol. The van der Waals surface area contributed by atoms with E-state index in [1.807, 2.05) is 6.92 Å². The summed E-state index contributed by atoms with van der Waals surface area (Å²) >= 11 is 0. The first-order chi connectivity index (χ1) is 8.11. The Bertz CT molecular complexity index is 526. The highest BCUT2D eigenvalue weighted by Crippen LogP contribution is 2.24. The Balaban J connectivity index is 2.47. The lowest BCUT2D eigenvalue weighted by Gasteiger charge is -2.05. The van der Waals surface area contributed by atoms with E-state index in [9.17, 15) is 0 Å². The number of aromatic nitrogens is 2. The molecule has 2 aromatic rings. The van der Waals surface area contributed by atoms with Gasteiger partial charge < -0.3 is 10.7 Å². The number of hydrogen-bond acceptors (Lipinski definition) is 2. The van der Waals surface area contributed by atoms with Crippen molar-refractivity contribution in [1.29, 1.82) is 0 Å². The number of aryl methyl sites for hydroxylation is 3. The van der Waals surface area contributed by atoms with Gasteiger partial charge in [0.25, 0.3) is 0 Å². The molecule has 1 aromatic carbocycles. The summed E-state index contributed by atoms with van der Waals surface area (Å²) < 4.78 is 0. The summed E-state index contributed by atoms with van der Waals surface area (Å²) in [5, 5.41) is 0. The van der Waals surface area contributed by atoms with Gasteiger partial charge >= 0.3 is 0 Å². The first kappa shape index (κ1) is 11.9. The maximum absolute atomic E-state index is 5.62. The normalized spacial score (nSPS) is 10.8. The van der Waals surface area contributed by atoms with Gasteiger partial charge in [-0.15, -0.1) is 0 Å². The molecule has 0 aliphatic heterocycles. The molecule has 0 atom stereocenters. The van der Waals surface area contributed by atoms with E-state index in [1.54, 1.807) is 0 Å². The van der Waals surface area contributed by atoms with Crippen molar-refractivity contribution in [1.82, 2.24) is 9.97 Å². The van der Waals surface area contributed by atoms with Crippen molar-refractivity contribution in [3.63, 3.8) is 0 Å². The molecule has 0 fully saturated rings. The molecule has 0 aliphatic carbocycles. The fourth-order valence-corrected chi connectivity index (χ4v) is 1.99. The molecule has 1 aromatic heterocycles. The maximum atomic E-state index is 5.62. The number of imidazole rings is 1. The number of benzene rings is 1. The van der Waals surface area contributed by atoms with Gasteiger partial charge in [-0.2, -0.15) is 0 Å². The van der Waals surface area contributed by atoms with Crippen LogP contribution in [0, 0.1) is 20.8 Å². The Kier molecular flexibility index (Phi) is 3.29. The van der Waals surface area contributed by atoms with Crippen LogP contribution >= 0.6 is 0 Å². The van der Waals surface area contributed by atoms with E-state index in [1.165, 1.54) is 16.7 Å². The second-order valence-corrected chi connectivity index (χ2v) is 4.49. The third-order valence-electron chi connectivity index (χ3n) is 3.07. The highest BCUT2D eigenvalue weighted by molar-refractivity contribution is 5.63. The summed E-state index contributed by atoms with van der Waals surface area (Å²) in [6, 6.07) is 6.45. The summed E-state index contributed by atoms with van der Waals surface area (Å²) in [5.41, 5.74) is 11.6. The quantitative estimate of drug-likeness (QED) is 0.849. The van der Waals surface area contributed by atoms with E-state index < -0.39 is 0 Å². The van der Waals surface area contributed by atoms with E-state index in [4.69, 9.17) is 5.73 Å². The van der Waals surface area contributed by atoms with Gasteiger partial charge in [0.15, 0.2) is 0 Å². The summed E-state index contributed by atoms with van der Waals surface area (Å²) in [6.07, 6.45) is 0.836. The van der Waals surface area contributed by atoms with Crippen LogP contribution in [0.5, 0.6) is 0 Å². The number of hydrogen-bond donors (Lipinski definition) is 2. The minimum atomic E-state index is 0.638. The highest BCUT2D eigenvalue weighted by Gasteiger charge is 2.10. The molecular weight excluding hydrogens is 210 g/mol. The first-order valence-corrected chi connectivity index (χ1v) is 5.95. The molecule has 0 spiro atoms. The number of nitrogens with zero attached hydrogens (tertiary/aromatic N) is 1. The minimum Gasteiger partial charge on any atom is -0.346 e. The van der Waals surface area contributed by atoms with Gasteiger partial charge in [0.2, 0.25) is 0 Å². The molecule has 0 bridgehead atoms. The van der Waals surface area contributed by atoms with Gasteiger partial charge in [0.05, 0.1) is 5.69 Å². The lowest BCUT2D eigenvalue weighted by Crippen LogP contribution is -2.04. The molecule has 3 nitrogen and oxygen atoms in total. The summed E-state index contributed by atoms with van der Waals surface area (Å²) in [5.74, 6) is 0.946. The molecule has 0 saturated carbocycles. The van der Waals surface area contributed by atoms with E-state index in [-0.39, 0.29) is 0 Å². The standard InChI is InChI=1S/C14H19N3/c1-9-4-5-12(8-10(9)2)14-13(6-7-15)16-11(3)17-14/h4-5,8H,6-7,15H2,1-3H3,(H,16,17). The highest BCUT2D eigenvalue weighted by atomic mass is 14.9. The first-order valence-electron chi connectivity index (χ1n) is 5.95. The van der Waals surface area contributed by atoms with Crippen molar-refractivity contribution in [2.24, 2.45) is 5.73 Å². The van der Waals surface area contributed by atoms with Crippen LogP contribution in [0.1, 0.15) is 22.6 Å². The number of aromatic amines is 1. The molecule has 0 saturated heterocycles. The average molecular weight is 229 g/mol. The molecular formula is C14H19N3. The van der Waals surface area contributed by atoms with Crippen LogP contribution in [0.4, 0.5) is 0 Å². The number of nitrogens with two attached hydrogens (primary N) is 1. The molecule has 0 radical (unpaired) electrons. The molecule has 3 N–H and O–H groups in total. The lowest BCUT2D eigenvalue weighted by molar-refractivity contribution is 0.930. The lowest BCUT2D eigenvalue weighted by atomic mass is 10.0. The van der Waals surface area contributed by atoms with Crippen molar-refractivity contribution in [2.75, 3.05) is 6.54 Å². The van der Waals surface area contributed by atoms with Crippen molar-refractivity contribution in [2.45, 2.75) is 27.2 Å². The zero-order valence-electron chi connectivity index (χ0n) is 10.7. The zero-order valence-corrected chi connectivity index (χ0v) is 10.7. The third kappa shape index (κ3) is 2.39. The van der Waals surface area contributed by atoms with Crippen LogP contribution in [-0.2, 0) is 6.42 Å². The number of rotatable bonds is 3. The summed E-state index contributed by atoms with van der Waals surface area (Å²) in [6.45, 7) is 6.86. The molecule has 1 heterocycles. The van der Waals surface area contributed by atoms with Gasteiger partial charge in [0, 0.05) is 17.7 Å². The number of nitrogens with one attached hydrogen (secondary N) is 1. The Morgan fingerprint density at radius 1 is 1.18 bits per heavy atom. The second kappa shape index (κ2) is 4.72. The Morgan fingerprint density at radius 2 is 1.94 bits per heavy atom. The Morgan fingerprint density at radius 3 is 2.59 bits per heavy atom. The molecule has 0 amide bonds. The van der Waals surface area contributed by atoms with Gasteiger partial charge in [0.1, 0.15) is 5.82 Å². The zero-order chi connectivity index (χ0) is 12.4. The van der Waals surface area contributed by atoms with E-state index in [0.29, 0.717) is 6.54 Å². The Labute approximate surface area is 102 Å². The molecule has 3 heteroatoms. The van der Waals surface area contributed by atoms with Crippen molar-refractivity contribution < 1.29 is 0 Å². The topological polar surface area (TPSA) is 54.7 Å². The maximum Gasteiger partial charge on any atom is 0.103 e. The van der Waals surface area contributed by atoms with Gasteiger partial charge in [-0.1, -0.05) is 12.1 Å². The van der Waals surface area contributed by atoms with Gasteiger partial charge in [-0.05, 0) is 44.5 Å². The van der Waals surface area contributed by atoms with Crippen LogP contribution in [0.2, 0.25) is 0 Å². The SMILES string of the molecule is Cc1nc(-c2ccc(C)c(C)c2)c(CCN)[nH]1. The molecule has 90 valence electrons. The molecule has 2 rings (SSSR count). The third-order valence-corrected chi connectivity index (χ3v) is 3.07. The summed E-state index contributed by atoms with van der Waals surface area (Å²) in [4.78, 5) is 7.85. The van der Waals surface area contributed by atoms with Crippen LogP contribution in [0.15, 0.2) is 18.2 Å². The number of H-pyrrole nitrogens is 1. The molecule has 0 aliphatic rings. The van der Waals surface area contributed by atoms with Crippen molar-refractivity contribution in [3.05, 3.63) is 40.8 Å². The summed E-state index contributed by atoms with van der Waals surface area (Å²) in [7, 11) is 0. The molecule has 0 unspecified atom stereocenters. The van der Waals surface area contributed by atoms with Crippen LogP contribution in [0.25, 0.3) is 11.3 Å². The van der Waals surface area contributed by atoms with E-state index in [0.717, 1.165) is 23.6 Å². The fraction of sp³-hybridized carbons (Fsp3) is 0.357. The van der Waals surface area contributed by atoms with Gasteiger partial charge in [-0.25, -0.2) is 4.98 Å². The van der Waals surface area contributed by atoms with E-state index >= 15 is 0 Å². The smallest absolute Gasteiger partial charge is 0.103 e.